The predicted molar refractivity (Wildman–Crippen MR) is 72.2 cm³/mol. The molecule has 1 aromatic rings. The van der Waals surface area contributed by atoms with E-state index >= 15 is 0 Å². The van der Waals surface area contributed by atoms with Crippen molar-refractivity contribution in [3.63, 3.8) is 0 Å². The molecule has 2 atom stereocenters. The highest BCUT2D eigenvalue weighted by Gasteiger charge is 2.09. The molecule has 4 nitrogen and oxygen atoms in total. The number of nitrogens with zero attached hydrogens (tertiary/aromatic N) is 1. The molecule has 0 heterocycles. The number of methoxy groups -OCH3 is 1. The molecule has 0 N–H and O–H groups in total. The summed E-state index contributed by atoms with van der Waals surface area (Å²) in [4.78, 5) is 4.65. The Labute approximate surface area is 109 Å². The number of benzene rings is 1. The van der Waals surface area contributed by atoms with Gasteiger partial charge in [-0.25, -0.2) is 0 Å². The predicted octanol–water partition coefficient (Wildman–Crippen LogP) is 2.86. The van der Waals surface area contributed by atoms with Crippen LogP contribution >= 0.6 is 0 Å². The van der Waals surface area contributed by atoms with E-state index in [1.165, 1.54) is 7.11 Å². The number of ether oxygens (including phenoxy) is 2. The lowest BCUT2D eigenvalue weighted by atomic mass is 10.2. The molecule has 2 unspecified atom stereocenters. The molecule has 0 radical (unpaired) electrons. The van der Waals surface area contributed by atoms with Gasteiger partial charge < -0.3 is 14.3 Å². The first-order valence-corrected chi connectivity index (χ1v) is 6.01. The van der Waals surface area contributed by atoms with Gasteiger partial charge in [-0.05, 0) is 31.5 Å². The van der Waals surface area contributed by atoms with Crippen LogP contribution in [0, 0.1) is 0 Å². The van der Waals surface area contributed by atoms with Gasteiger partial charge in [-0.3, -0.25) is 0 Å². The third-order valence-electron chi connectivity index (χ3n) is 2.57. The molecular formula is C14H21NO3. The summed E-state index contributed by atoms with van der Waals surface area (Å²) >= 11 is 0. The van der Waals surface area contributed by atoms with E-state index in [1.807, 2.05) is 38.1 Å². The van der Waals surface area contributed by atoms with Crippen LogP contribution in [0.5, 0.6) is 5.75 Å². The Hall–Kier alpha value is -1.55. The van der Waals surface area contributed by atoms with E-state index in [0.717, 1.165) is 17.7 Å². The fourth-order valence-corrected chi connectivity index (χ4v) is 1.63. The van der Waals surface area contributed by atoms with Crippen molar-refractivity contribution in [2.75, 3.05) is 14.2 Å². The second-order valence-corrected chi connectivity index (χ2v) is 4.20. The molecule has 0 aliphatic carbocycles. The van der Waals surface area contributed by atoms with Gasteiger partial charge in [0.1, 0.15) is 12.9 Å². The standard InChI is InChI=1S/C14H21NO3/c1-11(16-3)8-12(2)18-14-7-5-6-13(9-14)10-15-17-4/h5-7,9-12H,8H2,1-4H3. The van der Waals surface area contributed by atoms with Crippen LogP contribution in [0.3, 0.4) is 0 Å². The Morgan fingerprint density at radius 3 is 2.67 bits per heavy atom. The van der Waals surface area contributed by atoms with Crippen molar-refractivity contribution >= 4 is 6.21 Å². The molecule has 0 bridgehead atoms. The number of oxime groups is 1. The van der Waals surface area contributed by atoms with Gasteiger partial charge in [0.25, 0.3) is 0 Å². The summed E-state index contributed by atoms with van der Waals surface area (Å²) < 4.78 is 11.0. The van der Waals surface area contributed by atoms with E-state index < -0.39 is 0 Å². The van der Waals surface area contributed by atoms with Crippen LogP contribution in [-0.2, 0) is 9.57 Å². The number of rotatable bonds is 7. The van der Waals surface area contributed by atoms with Crippen molar-refractivity contribution in [1.29, 1.82) is 0 Å². The Balaban J connectivity index is 2.58. The van der Waals surface area contributed by atoms with E-state index in [2.05, 4.69) is 9.99 Å². The van der Waals surface area contributed by atoms with Crippen molar-refractivity contribution < 1.29 is 14.3 Å². The maximum Gasteiger partial charge on any atom is 0.120 e. The average molecular weight is 251 g/mol. The zero-order valence-electron chi connectivity index (χ0n) is 11.4. The lowest BCUT2D eigenvalue weighted by molar-refractivity contribution is 0.0719. The summed E-state index contributed by atoms with van der Waals surface area (Å²) in [6.07, 6.45) is 2.80. The Morgan fingerprint density at radius 1 is 1.22 bits per heavy atom. The molecule has 0 fully saturated rings. The highest BCUT2D eigenvalue weighted by Crippen LogP contribution is 2.16. The van der Waals surface area contributed by atoms with Crippen LogP contribution in [0.4, 0.5) is 0 Å². The summed E-state index contributed by atoms with van der Waals surface area (Å²) in [6, 6.07) is 7.73. The van der Waals surface area contributed by atoms with Gasteiger partial charge in [0.2, 0.25) is 0 Å². The fourth-order valence-electron chi connectivity index (χ4n) is 1.63. The molecule has 1 aromatic carbocycles. The molecule has 0 amide bonds. The smallest absolute Gasteiger partial charge is 0.120 e. The molecule has 0 saturated heterocycles. The second-order valence-electron chi connectivity index (χ2n) is 4.20. The molecule has 0 aliphatic heterocycles. The topological polar surface area (TPSA) is 40.0 Å². The molecule has 0 aliphatic rings. The Bertz CT molecular complexity index is 379. The minimum atomic E-state index is 0.106. The van der Waals surface area contributed by atoms with E-state index in [-0.39, 0.29) is 12.2 Å². The lowest BCUT2D eigenvalue weighted by Crippen LogP contribution is -2.19. The molecule has 0 saturated carbocycles. The van der Waals surface area contributed by atoms with Gasteiger partial charge in [0.05, 0.1) is 18.4 Å². The Morgan fingerprint density at radius 2 is 2.00 bits per heavy atom. The second kappa shape index (κ2) is 7.71. The van der Waals surface area contributed by atoms with Crippen molar-refractivity contribution in [2.24, 2.45) is 5.16 Å². The van der Waals surface area contributed by atoms with Crippen LogP contribution in [0.15, 0.2) is 29.4 Å². The summed E-state index contributed by atoms with van der Waals surface area (Å²) in [5.41, 5.74) is 0.946. The average Bonchev–Trinajstić information content (AvgIpc) is 2.36. The fraction of sp³-hybridized carbons (Fsp3) is 0.500. The Kier molecular flexibility index (Phi) is 6.22. The van der Waals surface area contributed by atoms with Gasteiger partial charge in [-0.1, -0.05) is 17.3 Å². The van der Waals surface area contributed by atoms with Crippen LogP contribution in [0.2, 0.25) is 0 Å². The molecule has 4 heteroatoms. The zero-order chi connectivity index (χ0) is 13.4. The van der Waals surface area contributed by atoms with Crippen molar-refractivity contribution in [2.45, 2.75) is 32.5 Å². The van der Waals surface area contributed by atoms with Crippen molar-refractivity contribution in [3.8, 4) is 5.75 Å². The molecular weight excluding hydrogens is 230 g/mol. The monoisotopic (exact) mass is 251 g/mol. The molecule has 1 rings (SSSR count). The van der Waals surface area contributed by atoms with E-state index in [1.54, 1.807) is 13.3 Å². The zero-order valence-corrected chi connectivity index (χ0v) is 11.4. The summed E-state index contributed by atoms with van der Waals surface area (Å²) in [6.45, 7) is 4.06. The van der Waals surface area contributed by atoms with Gasteiger partial charge in [-0.2, -0.15) is 0 Å². The van der Waals surface area contributed by atoms with Crippen LogP contribution < -0.4 is 4.74 Å². The molecule has 100 valence electrons. The molecule has 18 heavy (non-hydrogen) atoms. The third kappa shape index (κ3) is 5.19. The minimum Gasteiger partial charge on any atom is -0.491 e. The first-order chi connectivity index (χ1) is 8.65. The number of hydrogen-bond donors (Lipinski definition) is 0. The molecule has 0 spiro atoms. The largest absolute Gasteiger partial charge is 0.491 e. The first kappa shape index (κ1) is 14.5. The van der Waals surface area contributed by atoms with Gasteiger partial charge in [-0.15, -0.1) is 0 Å². The lowest BCUT2D eigenvalue weighted by Gasteiger charge is -2.18. The highest BCUT2D eigenvalue weighted by molar-refractivity contribution is 5.79. The SMILES string of the molecule is CON=Cc1cccc(OC(C)CC(C)OC)c1. The van der Waals surface area contributed by atoms with Gasteiger partial charge >= 0.3 is 0 Å². The normalized spacial score (nSPS) is 14.4. The third-order valence-corrected chi connectivity index (χ3v) is 2.57. The van der Waals surface area contributed by atoms with Gasteiger partial charge in [0, 0.05) is 13.5 Å². The van der Waals surface area contributed by atoms with Gasteiger partial charge in [0.15, 0.2) is 0 Å². The highest BCUT2D eigenvalue weighted by atomic mass is 16.6. The van der Waals surface area contributed by atoms with E-state index in [0.29, 0.717) is 0 Å². The molecule has 0 aromatic heterocycles. The maximum absolute atomic E-state index is 5.82. The van der Waals surface area contributed by atoms with E-state index in [9.17, 15) is 0 Å². The first-order valence-electron chi connectivity index (χ1n) is 6.01. The van der Waals surface area contributed by atoms with Crippen molar-refractivity contribution in [1.82, 2.24) is 0 Å². The van der Waals surface area contributed by atoms with Crippen LogP contribution in [0.25, 0.3) is 0 Å². The summed E-state index contributed by atoms with van der Waals surface area (Å²) in [5.74, 6) is 0.825. The van der Waals surface area contributed by atoms with Crippen LogP contribution in [-0.4, -0.2) is 32.6 Å². The minimum absolute atomic E-state index is 0.106. The van der Waals surface area contributed by atoms with Crippen molar-refractivity contribution in [3.05, 3.63) is 29.8 Å². The summed E-state index contributed by atoms with van der Waals surface area (Å²) in [5, 5.41) is 3.72. The quantitative estimate of drug-likeness (QED) is 0.552. The van der Waals surface area contributed by atoms with Crippen LogP contribution in [0.1, 0.15) is 25.8 Å². The maximum atomic E-state index is 5.82. The number of hydrogen-bond acceptors (Lipinski definition) is 4. The summed E-state index contributed by atoms with van der Waals surface area (Å²) in [7, 11) is 3.23. The van der Waals surface area contributed by atoms with E-state index in [4.69, 9.17) is 9.47 Å².